The van der Waals surface area contributed by atoms with Gasteiger partial charge in [0.2, 0.25) is 0 Å². The van der Waals surface area contributed by atoms with Gasteiger partial charge in [-0.3, -0.25) is 9.97 Å². The predicted octanol–water partition coefficient (Wildman–Crippen LogP) is 2.85. The van der Waals surface area contributed by atoms with Crippen molar-refractivity contribution in [1.29, 1.82) is 0 Å². The molecule has 1 unspecified atom stereocenters. The third-order valence-electron chi connectivity index (χ3n) is 3.32. The molecule has 0 radical (unpaired) electrons. The third kappa shape index (κ3) is 3.61. The fourth-order valence-electron chi connectivity index (χ4n) is 2.11. The molecule has 0 aliphatic rings. The van der Waals surface area contributed by atoms with Crippen LogP contribution in [0, 0.1) is 6.92 Å². The van der Waals surface area contributed by atoms with Crippen molar-refractivity contribution in [2.24, 2.45) is 0 Å². The molecule has 2 heterocycles. The predicted molar refractivity (Wildman–Crippen MR) is 78.1 cm³/mol. The molecule has 2 aromatic rings. The molecule has 2 aromatic heterocycles. The highest BCUT2D eigenvalue weighted by Crippen LogP contribution is 2.15. The second-order valence-corrected chi connectivity index (χ2v) is 4.76. The zero-order chi connectivity index (χ0) is 13.7. The molecule has 0 spiro atoms. The van der Waals surface area contributed by atoms with Crippen molar-refractivity contribution in [2.45, 2.75) is 32.7 Å². The number of hydrogen-bond donors (Lipinski definition) is 1. The highest BCUT2D eigenvalue weighted by Gasteiger charge is 2.12. The summed E-state index contributed by atoms with van der Waals surface area (Å²) in [6, 6.07) is 10.6. The van der Waals surface area contributed by atoms with E-state index in [0.717, 1.165) is 29.9 Å². The van der Waals surface area contributed by atoms with Gasteiger partial charge in [-0.05, 0) is 44.2 Å². The smallest absolute Gasteiger partial charge is 0.0580 e. The number of aromatic nitrogens is 2. The van der Waals surface area contributed by atoms with Gasteiger partial charge in [-0.1, -0.05) is 19.1 Å². The van der Waals surface area contributed by atoms with Crippen molar-refractivity contribution in [1.82, 2.24) is 15.3 Å². The van der Waals surface area contributed by atoms with E-state index in [1.54, 1.807) is 0 Å². The summed E-state index contributed by atoms with van der Waals surface area (Å²) < 4.78 is 0. The summed E-state index contributed by atoms with van der Waals surface area (Å²) in [5.41, 5.74) is 4.49. The molecular weight excluding hydrogens is 234 g/mol. The van der Waals surface area contributed by atoms with Crippen LogP contribution in [0.3, 0.4) is 0 Å². The average molecular weight is 255 g/mol. The lowest BCUT2D eigenvalue weighted by atomic mass is 10.1. The SMILES string of the molecule is CCc1ccc(CC(NC)c2cccc(C)n2)nc1. The zero-order valence-electron chi connectivity index (χ0n) is 11.9. The summed E-state index contributed by atoms with van der Waals surface area (Å²) in [5, 5.41) is 3.32. The molecule has 3 heteroatoms. The molecule has 100 valence electrons. The van der Waals surface area contributed by atoms with E-state index in [4.69, 9.17) is 0 Å². The van der Waals surface area contributed by atoms with E-state index in [1.807, 2.05) is 26.2 Å². The van der Waals surface area contributed by atoms with Crippen molar-refractivity contribution < 1.29 is 0 Å². The third-order valence-corrected chi connectivity index (χ3v) is 3.32. The van der Waals surface area contributed by atoms with Crippen LogP contribution in [-0.4, -0.2) is 17.0 Å². The van der Waals surface area contributed by atoms with Crippen LogP contribution in [0.15, 0.2) is 36.5 Å². The first-order chi connectivity index (χ1) is 9.22. The maximum absolute atomic E-state index is 4.58. The molecule has 0 saturated carbocycles. The van der Waals surface area contributed by atoms with Gasteiger partial charge in [-0.2, -0.15) is 0 Å². The van der Waals surface area contributed by atoms with E-state index in [2.05, 4.69) is 46.5 Å². The fraction of sp³-hybridized carbons (Fsp3) is 0.375. The van der Waals surface area contributed by atoms with Gasteiger partial charge in [0.15, 0.2) is 0 Å². The van der Waals surface area contributed by atoms with Crippen LogP contribution in [-0.2, 0) is 12.8 Å². The molecule has 0 aliphatic carbocycles. The van der Waals surface area contributed by atoms with E-state index in [9.17, 15) is 0 Å². The number of hydrogen-bond acceptors (Lipinski definition) is 3. The summed E-state index contributed by atoms with van der Waals surface area (Å²) in [6.45, 7) is 4.16. The van der Waals surface area contributed by atoms with E-state index in [0.29, 0.717) is 0 Å². The van der Waals surface area contributed by atoms with Crippen LogP contribution in [0.5, 0.6) is 0 Å². The maximum atomic E-state index is 4.58. The zero-order valence-corrected chi connectivity index (χ0v) is 11.9. The van der Waals surface area contributed by atoms with Crippen LogP contribution in [0.1, 0.15) is 35.6 Å². The molecular formula is C16H21N3. The van der Waals surface area contributed by atoms with Crippen LogP contribution in [0.4, 0.5) is 0 Å². The molecule has 0 bridgehead atoms. The normalized spacial score (nSPS) is 12.4. The summed E-state index contributed by atoms with van der Waals surface area (Å²) in [7, 11) is 1.97. The Bertz CT molecular complexity index is 520. The Hall–Kier alpha value is -1.74. The van der Waals surface area contributed by atoms with Crippen molar-refractivity contribution in [3.05, 3.63) is 59.2 Å². The van der Waals surface area contributed by atoms with Gasteiger partial charge in [0.05, 0.1) is 11.7 Å². The summed E-state index contributed by atoms with van der Waals surface area (Å²) >= 11 is 0. The minimum atomic E-state index is 0.208. The summed E-state index contributed by atoms with van der Waals surface area (Å²) in [6.07, 6.45) is 3.85. The number of nitrogens with one attached hydrogen (secondary N) is 1. The molecule has 2 rings (SSSR count). The number of pyridine rings is 2. The topological polar surface area (TPSA) is 37.8 Å². The minimum absolute atomic E-state index is 0.208. The van der Waals surface area contributed by atoms with Crippen LogP contribution < -0.4 is 5.32 Å². The first-order valence-electron chi connectivity index (χ1n) is 6.77. The lowest BCUT2D eigenvalue weighted by Gasteiger charge is -2.15. The van der Waals surface area contributed by atoms with Gasteiger partial charge in [-0.25, -0.2) is 0 Å². The Labute approximate surface area is 115 Å². The molecule has 0 fully saturated rings. The van der Waals surface area contributed by atoms with Gasteiger partial charge in [0.1, 0.15) is 0 Å². The van der Waals surface area contributed by atoms with Crippen LogP contribution in [0.2, 0.25) is 0 Å². The van der Waals surface area contributed by atoms with E-state index in [1.165, 1.54) is 5.56 Å². The molecule has 1 atom stereocenters. The Kier molecular flexibility index (Phi) is 4.63. The molecule has 1 N–H and O–H groups in total. The first-order valence-corrected chi connectivity index (χ1v) is 6.77. The monoisotopic (exact) mass is 255 g/mol. The van der Waals surface area contributed by atoms with Crippen molar-refractivity contribution in [2.75, 3.05) is 7.05 Å². The Morgan fingerprint density at radius 1 is 1.21 bits per heavy atom. The lowest BCUT2D eigenvalue weighted by molar-refractivity contribution is 0.567. The molecule has 0 aromatic carbocycles. The number of aryl methyl sites for hydroxylation is 2. The maximum Gasteiger partial charge on any atom is 0.0580 e. The molecule has 0 aliphatic heterocycles. The molecule has 19 heavy (non-hydrogen) atoms. The second kappa shape index (κ2) is 6.43. The van der Waals surface area contributed by atoms with E-state index in [-0.39, 0.29) is 6.04 Å². The molecule has 0 amide bonds. The van der Waals surface area contributed by atoms with Gasteiger partial charge in [-0.15, -0.1) is 0 Å². The highest BCUT2D eigenvalue weighted by molar-refractivity contribution is 5.18. The van der Waals surface area contributed by atoms with Crippen LogP contribution in [0.25, 0.3) is 0 Å². The second-order valence-electron chi connectivity index (χ2n) is 4.76. The number of rotatable bonds is 5. The standard InChI is InChI=1S/C16H21N3/c1-4-13-8-9-14(18-11-13)10-16(17-3)15-7-5-6-12(2)19-15/h5-9,11,16-17H,4,10H2,1-3H3. The largest absolute Gasteiger partial charge is 0.311 e. The first kappa shape index (κ1) is 13.7. The Morgan fingerprint density at radius 2 is 2.05 bits per heavy atom. The van der Waals surface area contributed by atoms with Crippen LogP contribution >= 0.6 is 0 Å². The average Bonchev–Trinajstić information content (AvgIpc) is 2.45. The van der Waals surface area contributed by atoms with Crippen molar-refractivity contribution in [3.63, 3.8) is 0 Å². The summed E-state index contributed by atoms with van der Waals surface area (Å²) in [4.78, 5) is 9.10. The number of nitrogens with zero attached hydrogens (tertiary/aromatic N) is 2. The molecule has 0 saturated heterocycles. The number of likely N-dealkylation sites (N-methyl/N-ethyl adjacent to an activating group) is 1. The minimum Gasteiger partial charge on any atom is -0.311 e. The van der Waals surface area contributed by atoms with E-state index >= 15 is 0 Å². The van der Waals surface area contributed by atoms with Gasteiger partial charge >= 0.3 is 0 Å². The quantitative estimate of drug-likeness (QED) is 0.892. The fourth-order valence-corrected chi connectivity index (χ4v) is 2.11. The van der Waals surface area contributed by atoms with Gasteiger partial charge in [0.25, 0.3) is 0 Å². The lowest BCUT2D eigenvalue weighted by Crippen LogP contribution is -2.20. The van der Waals surface area contributed by atoms with Crippen molar-refractivity contribution in [3.8, 4) is 0 Å². The van der Waals surface area contributed by atoms with Gasteiger partial charge < -0.3 is 5.32 Å². The summed E-state index contributed by atoms with van der Waals surface area (Å²) in [5.74, 6) is 0. The van der Waals surface area contributed by atoms with E-state index < -0.39 is 0 Å². The molecule has 3 nitrogen and oxygen atoms in total. The Morgan fingerprint density at radius 3 is 2.63 bits per heavy atom. The Balaban J connectivity index is 2.14. The highest BCUT2D eigenvalue weighted by atomic mass is 14.9. The van der Waals surface area contributed by atoms with Crippen molar-refractivity contribution >= 4 is 0 Å². The van der Waals surface area contributed by atoms with Gasteiger partial charge in [0, 0.05) is 24.0 Å².